The van der Waals surface area contributed by atoms with Crippen molar-refractivity contribution in [1.29, 1.82) is 0 Å². The molecule has 0 saturated heterocycles. The van der Waals surface area contributed by atoms with E-state index in [1.54, 1.807) is 23.0 Å². The van der Waals surface area contributed by atoms with Gasteiger partial charge in [-0.05, 0) is 46.3 Å². The number of hydrogen-bond acceptors (Lipinski definition) is 1. The van der Waals surface area contributed by atoms with Gasteiger partial charge < -0.3 is 4.98 Å². The molecule has 2 nitrogen and oxygen atoms in total. The van der Waals surface area contributed by atoms with E-state index in [0.29, 0.717) is 10.5 Å². The lowest BCUT2D eigenvalue weighted by Crippen LogP contribution is -1.94. The van der Waals surface area contributed by atoms with Crippen molar-refractivity contribution in [2.24, 2.45) is 0 Å². The molecule has 72 valence electrons. The van der Waals surface area contributed by atoms with Crippen molar-refractivity contribution < 1.29 is 4.39 Å². The molecule has 0 fully saturated rings. The molecule has 2 rings (SSSR count). The minimum Gasteiger partial charge on any atom is -0.337 e. The van der Waals surface area contributed by atoms with Crippen LogP contribution in [0.5, 0.6) is 0 Å². The van der Waals surface area contributed by atoms with Crippen LogP contribution in [0.3, 0.4) is 0 Å². The Morgan fingerprint density at radius 3 is 2.86 bits per heavy atom. The topological polar surface area (TPSA) is 20.7 Å². The molecule has 2 aromatic rings. The number of rotatable bonds is 1. The second kappa shape index (κ2) is 3.67. The Labute approximate surface area is 93.5 Å². The highest BCUT2D eigenvalue weighted by molar-refractivity contribution is 9.10. The lowest BCUT2D eigenvalue weighted by Gasteiger charge is -2.04. The Kier molecular flexibility index (Phi) is 2.52. The number of halogens is 2. The number of nitrogens with zero attached hydrogens (tertiary/aromatic N) is 1. The Bertz CT molecular complexity index is 518. The number of H-pyrrole nitrogens is 1. The van der Waals surface area contributed by atoms with E-state index in [-0.39, 0.29) is 5.82 Å². The fraction of sp³-hybridized carbons (Fsp3) is 0. The van der Waals surface area contributed by atoms with Crippen LogP contribution >= 0.6 is 28.1 Å². The summed E-state index contributed by atoms with van der Waals surface area (Å²) in [6.07, 6.45) is 3.46. The molecule has 0 saturated carbocycles. The molecule has 5 heteroatoms. The molecule has 0 aliphatic heterocycles. The summed E-state index contributed by atoms with van der Waals surface area (Å²) in [4.78, 5) is 2.85. The normalized spacial score (nSPS) is 10.4. The van der Waals surface area contributed by atoms with E-state index in [4.69, 9.17) is 12.2 Å². The van der Waals surface area contributed by atoms with E-state index in [9.17, 15) is 4.39 Å². The Morgan fingerprint density at radius 2 is 2.21 bits per heavy atom. The van der Waals surface area contributed by atoms with Gasteiger partial charge in [-0.3, -0.25) is 4.57 Å². The van der Waals surface area contributed by atoms with Crippen molar-refractivity contribution in [3.63, 3.8) is 0 Å². The maximum Gasteiger partial charge on any atom is 0.181 e. The molecule has 14 heavy (non-hydrogen) atoms. The quantitative estimate of drug-likeness (QED) is 0.789. The summed E-state index contributed by atoms with van der Waals surface area (Å²) in [5, 5.41) is 0. The van der Waals surface area contributed by atoms with E-state index in [2.05, 4.69) is 20.9 Å². The lowest BCUT2D eigenvalue weighted by atomic mass is 10.3. The van der Waals surface area contributed by atoms with E-state index in [1.807, 2.05) is 0 Å². The van der Waals surface area contributed by atoms with Crippen LogP contribution < -0.4 is 0 Å². The molecule has 1 N–H and O–H groups in total. The zero-order valence-corrected chi connectivity index (χ0v) is 9.40. The van der Waals surface area contributed by atoms with Gasteiger partial charge in [0.25, 0.3) is 0 Å². The molecule has 0 bridgehead atoms. The molecule has 0 unspecified atom stereocenters. The van der Waals surface area contributed by atoms with Crippen molar-refractivity contribution in [3.8, 4) is 5.69 Å². The van der Waals surface area contributed by atoms with E-state index in [1.165, 1.54) is 12.1 Å². The number of aromatic nitrogens is 2. The van der Waals surface area contributed by atoms with Gasteiger partial charge in [-0.2, -0.15) is 0 Å². The van der Waals surface area contributed by atoms with Gasteiger partial charge in [0.2, 0.25) is 0 Å². The highest BCUT2D eigenvalue weighted by Crippen LogP contribution is 2.21. The molecule has 0 spiro atoms. The summed E-state index contributed by atoms with van der Waals surface area (Å²) in [6, 6.07) is 4.47. The van der Waals surface area contributed by atoms with Gasteiger partial charge in [0.15, 0.2) is 4.77 Å². The van der Waals surface area contributed by atoms with E-state index >= 15 is 0 Å². The van der Waals surface area contributed by atoms with Crippen LogP contribution in [0.25, 0.3) is 5.69 Å². The number of imidazole rings is 1. The molecule has 1 aromatic carbocycles. The van der Waals surface area contributed by atoms with Crippen LogP contribution in [0.1, 0.15) is 0 Å². The van der Waals surface area contributed by atoms with Gasteiger partial charge in [0, 0.05) is 16.9 Å². The number of aromatic amines is 1. The maximum absolute atomic E-state index is 13.0. The molecule has 0 aliphatic rings. The molecule has 0 radical (unpaired) electrons. The molecule has 1 heterocycles. The Morgan fingerprint density at radius 1 is 1.43 bits per heavy atom. The maximum atomic E-state index is 13.0. The summed E-state index contributed by atoms with van der Waals surface area (Å²) >= 11 is 8.37. The standard InChI is InChI=1S/C9H6BrFN2S/c10-7-2-1-6(11)5-8(7)13-4-3-12-9(13)14/h1-5H,(H,12,14). The molecule has 0 atom stereocenters. The van der Waals surface area contributed by atoms with Crippen molar-refractivity contribution in [2.75, 3.05) is 0 Å². The van der Waals surface area contributed by atoms with Crippen LogP contribution in [0, 0.1) is 10.6 Å². The average molecular weight is 273 g/mol. The van der Waals surface area contributed by atoms with Gasteiger partial charge in [-0.15, -0.1) is 0 Å². The molecular weight excluding hydrogens is 267 g/mol. The predicted molar refractivity (Wildman–Crippen MR) is 58.6 cm³/mol. The van der Waals surface area contributed by atoms with Gasteiger partial charge in [-0.1, -0.05) is 0 Å². The second-order valence-corrected chi connectivity index (χ2v) is 3.97. The summed E-state index contributed by atoms with van der Waals surface area (Å²) in [5.74, 6) is -0.286. The van der Waals surface area contributed by atoms with Crippen LogP contribution in [0.15, 0.2) is 35.1 Å². The summed E-state index contributed by atoms with van der Waals surface area (Å²) in [6.45, 7) is 0. The second-order valence-electron chi connectivity index (χ2n) is 2.73. The smallest absolute Gasteiger partial charge is 0.181 e. The van der Waals surface area contributed by atoms with Gasteiger partial charge in [0.05, 0.1) is 5.69 Å². The van der Waals surface area contributed by atoms with Crippen molar-refractivity contribution in [1.82, 2.24) is 9.55 Å². The average Bonchev–Trinajstić information content (AvgIpc) is 2.56. The number of benzene rings is 1. The minimum atomic E-state index is -0.286. The third kappa shape index (κ3) is 1.65. The summed E-state index contributed by atoms with van der Waals surface area (Å²) in [5.41, 5.74) is 0.691. The van der Waals surface area contributed by atoms with Crippen molar-refractivity contribution in [3.05, 3.63) is 45.7 Å². The molecular formula is C9H6BrFN2S. The van der Waals surface area contributed by atoms with Crippen molar-refractivity contribution >= 4 is 28.1 Å². The molecule has 1 aromatic heterocycles. The highest BCUT2D eigenvalue weighted by atomic mass is 79.9. The lowest BCUT2D eigenvalue weighted by molar-refractivity contribution is 0.626. The fourth-order valence-electron chi connectivity index (χ4n) is 1.18. The fourth-order valence-corrected chi connectivity index (χ4v) is 1.85. The number of nitrogens with one attached hydrogen (secondary N) is 1. The molecule has 0 amide bonds. The zero-order chi connectivity index (χ0) is 10.1. The van der Waals surface area contributed by atoms with Crippen molar-refractivity contribution in [2.45, 2.75) is 0 Å². The molecule has 0 aliphatic carbocycles. The SMILES string of the molecule is Fc1ccc(Br)c(-n2cc[nH]c2=S)c1. The zero-order valence-electron chi connectivity index (χ0n) is 7.00. The van der Waals surface area contributed by atoms with Gasteiger partial charge in [-0.25, -0.2) is 4.39 Å². The monoisotopic (exact) mass is 272 g/mol. The van der Waals surface area contributed by atoms with Crippen LogP contribution in [0.4, 0.5) is 4.39 Å². The number of hydrogen-bond donors (Lipinski definition) is 1. The van der Waals surface area contributed by atoms with Crippen LogP contribution in [0.2, 0.25) is 0 Å². The largest absolute Gasteiger partial charge is 0.337 e. The summed E-state index contributed by atoms with van der Waals surface area (Å²) in [7, 11) is 0. The third-order valence-corrected chi connectivity index (χ3v) is 2.80. The van der Waals surface area contributed by atoms with E-state index < -0.39 is 0 Å². The highest BCUT2D eigenvalue weighted by Gasteiger charge is 2.04. The first-order chi connectivity index (χ1) is 6.68. The first-order valence-corrected chi connectivity index (χ1v) is 5.10. The Balaban J connectivity index is 2.68. The third-order valence-electron chi connectivity index (χ3n) is 1.82. The first-order valence-electron chi connectivity index (χ1n) is 3.90. The van der Waals surface area contributed by atoms with E-state index in [0.717, 1.165) is 4.47 Å². The van der Waals surface area contributed by atoms with Crippen LogP contribution in [-0.4, -0.2) is 9.55 Å². The Hall–Kier alpha value is -0.940. The minimum absolute atomic E-state index is 0.286. The van der Waals surface area contributed by atoms with Gasteiger partial charge in [0.1, 0.15) is 5.82 Å². The van der Waals surface area contributed by atoms with Crippen LogP contribution in [-0.2, 0) is 0 Å². The summed E-state index contributed by atoms with van der Waals surface area (Å²) < 4.78 is 16.0. The first kappa shape index (κ1) is 9.61. The van der Waals surface area contributed by atoms with Gasteiger partial charge >= 0.3 is 0 Å². The predicted octanol–water partition coefficient (Wildman–Crippen LogP) is 3.44.